The SMILES string of the molecule is Cc1nc(SCC(=O)Nc2c(C)cccc2C)c2c3c(sc2n1)CCCC3. The van der Waals surface area contributed by atoms with Crippen molar-refractivity contribution in [2.45, 2.75) is 51.5 Å². The number of hydrogen-bond acceptors (Lipinski definition) is 5. The molecule has 1 amide bonds. The van der Waals surface area contributed by atoms with E-state index in [1.807, 2.05) is 39.0 Å². The summed E-state index contributed by atoms with van der Waals surface area (Å²) in [6.07, 6.45) is 4.73. The van der Waals surface area contributed by atoms with Gasteiger partial charge in [-0.15, -0.1) is 11.3 Å². The fraction of sp³-hybridized carbons (Fsp3) is 0.381. The number of aryl methyl sites for hydroxylation is 5. The standard InChI is InChI=1S/C21H23N3OS2/c1-12-7-6-8-13(2)19(12)24-17(25)11-26-20-18-15-9-4-5-10-16(15)27-21(18)23-14(3)22-20/h6-8H,4-5,9-11H2,1-3H3,(H,24,25). The Hall–Kier alpha value is -1.92. The molecular formula is C21H23N3OS2. The lowest BCUT2D eigenvalue weighted by molar-refractivity contribution is -0.113. The van der Waals surface area contributed by atoms with Gasteiger partial charge in [0.2, 0.25) is 5.91 Å². The highest BCUT2D eigenvalue weighted by Gasteiger charge is 2.21. The topological polar surface area (TPSA) is 54.9 Å². The fourth-order valence-electron chi connectivity index (χ4n) is 3.65. The maximum absolute atomic E-state index is 12.6. The third-order valence-corrected chi connectivity index (χ3v) is 7.14. The molecule has 140 valence electrons. The summed E-state index contributed by atoms with van der Waals surface area (Å²) in [5, 5.41) is 5.20. The molecular weight excluding hydrogens is 374 g/mol. The molecule has 4 nitrogen and oxygen atoms in total. The molecule has 3 aromatic rings. The Morgan fingerprint density at radius 2 is 1.89 bits per heavy atom. The Morgan fingerprint density at radius 3 is 2.67 bits per heavy atom. The summed E-state index contributed by atoms with van der Waals surface area (Å²) < 4.78 is 0. The minimum absolute atomic E-state index is 0.00547. The van der Waals surface area contributed by atoms with Crippen LogP contribution in [0.5, 0.6) is 0 Å². The summed E-state index contributed by atoms with van der Waals surface area (Å²) in [6, 6.07) is 6.05. The highest BCUT2D eigenvalue weighted by molar-refractivity contribution is 8.00. The lowest BCUT2D eigenvalue weighted by Crippen LogP contribution is -2.16. The molecule has 0 saturated carbocycles. The van der Waals surface area contributed by atoms with E-state index in [9.17, 15) is 4.79 Å². The van der Waals surface area contributed by atoms with Crippen LogP contribution in [-0.2, 0) is 17.6 Å². The zero-order valence-corrected chi connectivity index (χ0v) is 17.5. The lowest BCUT2D eigenvalue weighted by atomic mass is 9.97. The number of benzene rings is 1. The van der Waals surface area contributed by atoms with Gasteiger partial charge in [-0.1, -0.05) is 30.0 Å². The van der Waals surface area contributed by atoms with E-state index in [-0.39, 0.29) is 5.91 Å². The maximum Gasteiger partial charge on any atom is 0.234 e. The van der Waals surface area contributed by atoms with E-state index in [0.29, 0.717) is 5.75 Å². The van der Waals surface area contributed by atoms with E-state index in [2.05, 4.69) is 15.3 Å². The minimum atomic E-state index is 0.00547. The Balaban J connectivity index is 1.57. The number of nitrogens with one attached hydrogen (secondary N) is 1. The number of nitrogens with zero attached hydrogens (tertiary/aromatic N) is 2. The average Bonchev–Trinajstić information content (AvgIpc) is 3.01. The molecule has 6 heteroatoms. The molecule has 0 spiro atoms. The zero-order valence-electron chi connectivity index (χ0n) is 15.9. The summed E-state index contributed by atoms with van der Waals surface area (Å²) in [7, 11) is 0. The number of anilines is 1. The van der Waals surface area contributed by atoms with E-state index in [4.69, 9.17) is 0 Å². The van der Waals surface area contributed by atoms with Crippen molar-refractivity contribution in [3.05, 3.63) is 45.6 Å². The second kappa shape index (κ2) is 7.60. The van der Waals surface area contributed by atoms with E-state index >= 15 is 0 Å². The van der Waals surface area contributed by atoms with Crippen LogP contribution in [0.25, 0.3) is 10.2 Å². The highest BCUT2D eigenvalue weighted by Crippen LogP contribution is 2.39. The third-order valence-electron chi connectivity index (χ3n) is 4.98. The van der Waals surface area contributed by atoms with Gasteiger partial charge in [-0.05, 0) is 63.1 Å². The molecule has 1 N–H and O–H groups in total. The molecule has 0 atom stereocenters. The molecule has 2 heterocycles. The zero-order chi connectivity index (χ0) is 19.0. The second-order valence-corrected chi connectivity index (χ2v) is 9.12. The van der Waals surface area contributed by atoms with E-state index in [1.165, 1.54) is 40.4 Å². The van der Waals surface area contributed by atoms with Crippen LogP contribution in [0.3, 0.4) is 0 Å². The summed E-state index contributed by atoms with van der Waals surface area (Å²) in [5.74, 6) is 1.13. The van der Waals surface area contributed by atoms with E-state index in [1.54, 1.807) is 11.3 Å². The number of fused-ring (bicyclic) bond motifs is 3. The number of aromatic nitrogens is 2. The van der Waals surface area contributed by atoms with Crippen LogP contribution in [0, 0.1) is 20.8 Å². The molecule has 1 aromatic carbocycles. The van der Waals surface area contributed by atoms with Gasteiger partial charge in [0.1, 0.15) is 15.7 Å². The number of thiophene rings is 1. The monoisotopic (exact) mass is 397 g/mol. The normalized spacial score (nSPS) is 13.6. The van der Waals surface area contributed by atoms with E-state index < -0.39 is 0 Å². The number of rotatable bonds is 4. The van der Waals surface area contributed by atoms with Crippen LogP contribution in [0.15, 0.2) is 23.2 Å². The summed E-state index contributed by atoms with van der Waals surface area (Å²) in [6.45, 7) is 5.97. The predicted molar refractivity (Wildman–Crippen MR) is 114 cm³/mol. The fourth-order valence-corrected chi connectivity index (χ4v) is 5.92. The van der Waals surface area contributed by atoms with Crippen LogP contribution in [0.1, 0.15) is 40.2 Å². The van der Waals surface area contributed by atoms with Gasteiger partial charge in [-0.3, -0.25) is 4.79 Å². The minimum Gasteiger partial charge on any atom is -0.325 e. The molecule has 0 radical (unpaired) electrons. The smallest absolute Gasteiger partial charge is 0.234 e. The van der Waals surface area contributed by atoms with Gasteiger partial charge in [-0.25, -0.2) is 9.97 Å². The molecule has 0 unspecified atom stereocenters. The number of carbonyl (C=O) groups is 1. The average molecular weight is 398 g/mol. The van der Waals surface area contributed by atoms with Crippen molar-refractivity contribution in [1.82, 2.24) is 9.97 Å². The van der Waals surface area contributed by atoms with Crippen LogP contribution in [-0.4, -0.2) is 21.6 Å². The highest BCUT2D eigenvalue weighted by atomic mass is 32.2. The van der Waals surface area contributed by atoms with Crippen LogP contribution in [0.2, 0.25) is 0 Å². The van der Waals surface area contributed by atoms with Crippen LogP contribution in [0.4, 0.5) is 5.69 Å². The van der Waals surface area contributed by atoms with Crippen molar-refractivity contribution >= 4 is 44.9 Å². The van der Waals surface area contributed by atoms with Crippen molar-refractivity contribution in [2.75, 3.05) is 11.1 Å². The molecule has 0 fully saturated rings. The van der Waals surface area contributed by atoms with Gasteiger partial charge in [0, 0.05) is 16.0 Å². The first-order valence-electron chi connectivity index (χ1n) is 9.30. The Morgan fingerprint density at radius 1 is 1.15 bits per heavy atom. The van der Waals surface area contributed by atoms with Crippen molar-refractivity contribution in [1.29, 1.82) is 0 Å². The van der Waals surface area contributed by atoms with Crippen molar-refractivity contribution in [3.63, 3.8) is 0 Å². The molecule has 1 aliphatic carbocycles. The molecule has 0 aliphatic heterocycles. The first-order valence-corrected chi connectivity index (χ1v) is 11.1. The summed E-state index contributed by atoms with van der Waals surface area (Å²) >= 11 is 3.33. The van der Waals surface area contributed by atoms with Gasteiger partial charge in [0.15, 0.2) is 0 Å². The van der Waals surface area contributed by atoms with Crippen molar-refractivity contribution in [3.8, 4) is 0 Å². The Kier molecular flexibility index (Phi) is 5.19. The molecule has 2 aromatic heterocycles. The first kappa shape index (κ1) is 18.4. The van der Waals surface area contributed by atoms with Crippen LogP contribution < -0.4 is 5.32 Å². The van der Waals surface area contributed by atoms with Crippen molar-refractivity contribution in [2.24, 2.45) is 0 Å². The van der Waals surface area contributed by atoms with Gasteiger partial charge >= 0.3 is 0 Å². The largest absolute Gasteiger partial charge is 0.325 e. The predicted octanol–water partition coefficient (Wildman–Crippen LogP) is 5.23. The number of hydrogen-bond donors (Lipinski definition) is 1. The number of carbonyl (C=O) groups excluding carboxylic acids is 1. The molecule has 0 saturated heterocycles. The molecule has 27 heavy (non-hydrogen) atoms. The Labute approximate surface area is 167 Å². The van der Waals surface area contributed by atoms with Gasteiger partial charge in [-0.2, -0.15) is 0 Å². The molecule has 4 rings (SSSR count). The van der Waals surface area contributed by atoms with E-state index in [0.717, 1.165) is 45.3 Å². The van der Waals surface area contributed by atoms with Gasteiger partial charge in [0.05, 0.1) is 5.75 Å². The number of thioether (sulfide) groups is 1. The first-order chi connectivity index (χ1) is 13.0. The van der Waals surface area contributed by atoms with Crippen LogP contribution >= 0.6 is 23.1 Å². The number of amides is 1. The molecule has 1 aliphatic rings. The Bertz CT molecular complexity index is 1010. The summed E-state index contributed by atoms with van der Waals surface area (Å²) in [5.41, 5.74) is 4.50. The summed E-state index contributed by atoms with van der Waals surface area (Å²) in [4.78, 5) is 24.4. The quantitative estimate of drug-likeness (QED) is 0.484. The number of para-hydroxylation sites is 1. The van der Waals surface area contributed by atoms with Gasteiger partial charge in [0.25, 0.3) is 0 Å². The maximum atomic E-state index is 12.6. The van der Waals surface area contributed by atoms with Gasteiger partial charge < -0.3 is 5.32 Å². The second-order valence-electron chi connectivity index (χ2n) is 7.07. The molecule has 0 bridgehead atoms. The third kappa shape index (κ3) is 3.73. The van der Waals surface area contributed by atoms with Crippen molar-refractivity contribution < 1.29 is 4.79 Å². The lowest BCUT2D eigenvalue weighted by Gasteiger charge is -2.13.